The average molecular weight is 337 g/mol. The van der Waals surface area contributed by atoms with E-state index >= 15 is 0 Å². The smallest absolute Gasteiger partial charge is 0.271 e. The number of aromatic nitrogens is 2. The molecule has 0 bridgehead atoms. The van der Waals surface area contributed by atoms with E-state index in [-0.39, 0.29) is 35.6 Å². The molecule has 1 atom stereocenters. The van der Waals surface area contributed by atoms with Gasteiger partial charge in [-0.25, -0.2) is 4.68 Å². The third-order valence-electron chi connectivity index (χ3n) is 3.34. The molecule has 0 saturated heterocycles. The number of amides is 1. The van der Waals surface area contributed by atoms with Crippen LogP contribution >= 0.6 is 12.4 Å². The fourth-order valence-corrected chi connectivity index (χ4v) is 1.88. The van der Waals surface area contributed by atoms with E-state index in [1.54, 1.807) is 0 Å². The van der Waals surface area contributed by atoms with Crippen LogP contribution in [-0.4, -0.2) is 35.3 Å². The Labute approximate surface area is 141 Å². The first-order valence-corrected chi connectivity index (χ1v) is 7.17. The van der Waals surface area contributed by atoms with Gasteiger partial charge in [-0.1, -0.05) is 30.3 Å². The van der Waals surface area contributed by atoms with E-state index in [9.17, 15) is 9.59 Å². The summed E-state index contributed by atoms with van der Waals surface area (Å²) in [5, 5.41) is 9.96. The van der Waals surface area contributed by atoms with Gasteiger partial charge in [-0.05, 0) is 25.6 Å². The van der Waals surface area contributed by atoms with E-state index in [0.717, 1.165) is 5.56 Å². The van der Waals surface area contributed by atoms with E-state index in [1.165, 1.54) is 16.8 Å². The molecule has 1 aromatic heterocycles. The number of nitrogens with zero attached hydrogens (tertiary/aromatic N) is 2. The van der Waals surface area contributed by atoms with Crippen molar-refractivity contribution in [1.29, 1.82) is 0 Å². The van der Waals surface area contributed by atoms with Crippen molar-refractivity contribution in [3.63, 3.8) is 0 Å². The Morgan fingerprint density at radius 1 is 1.22 bits per heavy atom. The van der Waals surface area contributed by atoms with Gasteiger partial charge in [0.25, 0.3) is 11.5 Å². The van der Waals surface area contributed by atoms with Crippen molar-refractivity contribution in [3.8, 4) is 0 Å². The third-order valence-corrected chi connectivity index (χ3v) is 3.34. The lowest BCUT2D eigenvalue weighted by atomic mass is 10.2. The van der Waals surface area contributed by atoms with Gasteiger partial charge in [0.1, 0.15) is 5.69 Å². The first-order valence-electron chi connectivity index (χ1n) is 7.17. The molecule has 0 aliphatic carbocycles. The van der Waals surface area contributed by atoms with Gasteiger partial charge < -0.3 is 10.6 Å². The molecule has 1 amide bonds. The second kappa shape index (κ2) is 9.07. The van der Waals surface area contributed by atoms with Gasteiger partial charge in [0.2, 0.25) is 0 Å². The van der Waals surface area contributed by atoms with Crippen LogP contribution in [0.1, 0.15) is 23.0 Å². The number of likely N-dealkylation sites (N-methyl/N-ethyl adjacent to an activating group) is 1. The van der Waals surface area contributed by atoms with E-state index < -0.39 is 0 Å². The lowest BCUT2D eigenvalue weighted by Crippen LogP contribution is -2.38. The van der Waals surface area contributed by atoms with E-state index in [4.69, 9.17) is 0 Å². The Bertz CT molecular complexity index is 688. The Morgan fingerprint density at radius 3 is 2.57 bits per heavy atom. The highest BCUT2D eigenvalue weighted by Crippen LogP contribution is 2.00. The second-order valence-corrected chi connectivity index (χ2v) is 5.10. The first kappa shape index (κ1) is 18.9. The summed E-state index contributed by atoms with van der Waals surface area (Å²) >= 11 is 0. The molecule has 2 aromatic rings. The van der Waals surface area contributed by atoms with Gasteiger partial charge in [-0.2, -0.15) is 5.10 Å². The number of hydrogen-bond acceptors (Lipinski definition) is 4. The van der Waals surface area contributed by atoms with Crippen molar-refractivity contribution in [1.82, 2.24) is 20.4 Å². The van der Waals surface area contributed by atoms with Crippen molar-refractivity contribution in [3.05, 3.63) is 64.1 Å². The zero-order valence-corrected chi connectivity index (χ0v) is 14.0. The summed E-state index contributed by atoms with van der Waals surface area (Å²) in [6.45, 7) is 2.80. The quantitative estimate of drug-likeness (QED) is 0.826. The van der Waals surface area contributed by atoms with Crippen molar-refractivity contribution in [2.75, 3.05) is 13.6 Å². The van der Waals surface area contributed by atoms with Gasteiger partial charge in [-0.15, -0.1) is 12.4 Å². The number of benzene rings is 1. The Morgan fingerprint density at radius 2 is 1.91 bits per heavy atom. The van der Waals surface area contributed by atoms with Crippen LogP contribution in [0.4, 0.5) is 0 Å². The molecule has 0 spiro atoms. The van der Waals surface area contributed by atoms with Crippen LogP contribution in [0.2, 0.25) is 0 Å². The van der Waals surface area contributed by atoms with E-state index in [2.05, 4.69) is 15.7 Å². The molecule has 6 nitrogen and oxygen atoms in total. The predicted octanol–water partition coefficient (Wildman–Crippen LogP) is 1.05. The minimum atomic E-state index is -0.288. The van der Waals surface area contributed by atoms with Gasteiger partial charge >= 0.3 is 0 Å². The van der Waals surface area contributed by atoms with Crippen LogP contribution < -0.4 is 16.2 Å². The molecule has 2 N–H and O–H groups in total. The molecule has 124 valence electrons. The molecule has 7 heteroatoms. The molecule has 23 heavy (non-hydrogen) atoms. The molecule has 0 aliphatic heterocycles. The maximum Gasteiger partial charge on any atom is 0.271 e. The molecule has 0 radical (unpaired) electrons. The van der Waals surface area contributed by atoms with Crippen LogP contribution in [0.15, 0.2) is 47.3 Å². The van der Waals surface area contributed by atoms with Gasteiger partial charge in [0, 0.05) is 18.7 Å². The molecule has 0 aliphatic rings. The highest BCUT2D eigenvalue weighted by molar-refractivity contribution is 5.92. The zero-order chi connectivity index (χ0) is 15.9. The van der Waals surface area contributed by atoms with Gasteiger partial charge in [0.05, 0.1) is 6.54 Å². The summed E-state index contributed by atoms with van der Waals surface area (Å²) < 4.78 is 1.30. The van der Waals surface area contributed by atoms with Crippen LogP contribution in [0, 0.1) is 0 Å². The fourth-order valence-electron chi connectivity index (χ4n) is 1.88. The van der Waals surface area contributed by atoms with Crippen LogP contribution in [0.5, 0.6) is 0 Å². The number of nitrogens with one attached hydrogen (secondary N) is 2. The van der Waals surface area contributed by atoms with E-state index in [0.29, 0.717) is 13.1 Å². The highest BCUT2D eigenvalue weighted by Gasteiger charge is 2.10. The Balaban J connectivity index is 0.00000264. The maximum absolute atomic E-state index is 12.1. The van der Waals surface area contributed by atoms with Crippen molar-refractivity contribution in [2.45, 2.75) is 19.5 Å². The summed E-state index contributed by atoms with van der Waals surface area (Å²) in [6.07, 6.45) is 0. The van der Waals surface area contributed by atoms with Crippen LogP contribution in [-0.2, 0) is 6.54 Å². The summed E-state index contributed by atoms with van der Waals surface area (Å²) in [7, 11) is 1.83. The number of hydrogen-bond donors (Lipinski definition) is 2. The predicted molar refractivity (Wildman–Crippen MR) is 92.1 cm³/mol. The molecular weight excluding hydrogens is 316 g/mol. The molecule has 1 unspecified atom stereocenters. The van der Waals surface area contributed by atoms with Gasteiger partial charge in [0.15, 0.2) is 0 Å². The molecule has 1 heterocycles. The lowest BCUT2D eigenvalue weighted by Gasteiger charge is -2.11. The van der Waals surface area contributed by atoms with E-state index in [1.807, 2.05) is 44.3 Å². The highest BCUT2D eigenvalue weighted by atomic mass is 35.5. The minimum Gasteiger partial charge on any atom is -0.349 e. The fraction of sp³-hybridized carbons (Fsp3) is 0.312. The number of carbonyl (C=O) groups is 1. The molecule has 1 aromatic carbocycles. The Hall–Kier alpha value is -2.18. The largest absolute Gasteiger partial charge is 0.349 e. The normalized spacial score (nSPS) is 11.4. The summed E-state index contributed by atoms with van der Waals surface area (Å²) in [6, 6.07) is 12.5. The number of halogens is 1. The topological polar surface area (TPSA) is 76.0 Å². The Kier molecular flexibility index (Phi) is 7.44. The molecule has 0 saturated carbocycles. The minimum absolute atomic E-state index is 0. The third kappa shape index (κ3) is 5.50. The zero-order valence-electron chi connectivity index (χ0n) is 13.2. The van der Waals surface area contributed by atoms with Crippen molar-refractivity contribution in [2.24, 2.45) is 0 Å². The molecule has 0 fully saturated rings. The lowest BCUT2D eigenvalue weighted by molar-refractivity contribution is 0.0943. The number of rotatable bonds is 6. The molecule has 2 rings (SSSR count). The maximum atomic E-state index is 12.1. The summed E-state index contributed by atoms with van der Waals surface area (Å²) in [4.78, 5) is 23.9. The second-order valence-electron chi connectivity index (χ2n) is 5.10. The first-order chi connectivity index (χ1) is 10.6. The van der Waals surface area contributed by atoms with Gasteiger partial charge in [-0.3, -0.25) is 9.59 Å². The SMILES string of the molecule is CNC(C)CNC(=O)c1ccc(=O)n(Cc2ccccc2)n1.Cl. The van der Waals surface area contributed by atoms with Crippen LogP contribution in [0.3, 0.4) is 0 Å². The molecular formula is C16H21ClN4O2. The summed E-state index contributed by atoms with van der Waals surface area (Å²) in [5.74, 6) is -0.288. The standard InChI is InChI=1S/C16H20N4O2.ClH/c1-12(17-2)10-18-16(22)14-8-9-15(21)20(19-14)11-13-6-4-3-5-7-13;/h3-9,12,17H,10-11H2,1-2H3,(H,18,22);1H. The van der Waals surface area contributed by atoms with Crippen molar-refractivity contribution >= 4 is 18.3 Å². The number of carbonyl (C=O) groups excluding carboxylic acids is 1. The van der Waals surface area contributed by atoms with Crippen molar-refractivity contribution < 1.29 is 4.79 Å². The van der Waals surface area contributed by atoms with Crippen LogP contribution in [0.25, 0.3) is 0 Å². The average Bonchev–Trinajstić information content (AvgIpc) is 2.55. The summed E-state index contributed by atoms with van der Waals surface area (Å²) in [5.41, 5.74) is 0.960. The monoisotopic (exact) mass is 336 g/mol.